The van der Waals surface area contributed by atoms with Crippen molar-refractivity contribution in [3.8, 4) is 0 Å². The summed E-state index contributed by atoms with van der Waals surface area (Å²) < 4.78 is 16.6. The Bertz CT molecular complexity index is 406. The minimum atomic E-state index is -0.0981. The molecular weight excluding hydrogens is 258 g/mol. The van der Waals surface area contributed by atoms with E-state index in [0.717, 1.165) is 26.2 Å². The summed E-state index contributed by atoms with van der Waals surface area (Å²) in [6.07, 6.45) is 0.177. The van der Waals surface area contributed by atoms with E-state index in [9.17, 15) is 0 Å². The molecule has 1 aromatic heterocycles. The lowest BCUT2D eigenvalue weighted by Crippen LogP contribution is -2.40. The lowest BCUT2D eigenvalue weighted by Gasteiger charge is -2.31. The summed E-state index contributed by atoms with van der Waals surface area (Å²) in [7, 11) is 0. The smallest absolute Gasteiger partial charge is 0.229 e. The van der Waals surface area contributed by atoms with Crippen LogP contribution in [0.5, 0.6) is 0 Å². The third kappa shape index (κ3) is 4.26. The molecule has 2 rings (SSSR count). The maximum absolute atomic E-state index is 5.75. The molecule has 1 saturated heterocycles. The first-order valence-corrected chi connectivity index (χ1v) is 7.35. The molecule has 0 spiro atoms. The number of nitrogens with zero attached hydrogens (tertiary/aromatic N) is 3. The first-order chi connectivity index (χ1) is 9.56. The van der Waals surface area contributed by atoms with Crippen molar-refractivity contribution in [1.82, 2.24) is 15.0 Å². The van der Waals surface area contributed by atoms with E-state index in [1.54, 1.807) is 0 Å². The second-order valence-corrected chi connectivity index (χ2v) is 5.73. The van der Waals surface area contributed by atoms with E-state index in [0.29, 0.717) is 18.3 Å². The van der Waals surface area contributed by atoms with Crippen LogP contribution in [-0.4, -0.2) is 54.0 Å². The molecule has 1 aromatic rings. The van der Waals surface area contributed by atoms with Gasteiger partial charge in [-0.15, -0.1) is 0 Å². The number of aromatic nitrogens is 2. The fourth-order valence-corrected chi connectivity index (χ4v) is 2.09. The van der Waals surface area contributed by atoms with Gasteiger partial charge in [-0.1, -0.05) is 19.0 Å². The summed E-state index contributed by atoms with van der Waals surface area (Å²) in [4.78, 5) is 6.74. The molecule has 0 bridgehead atoms. The van der Waals surface area contributed by atoms with Gasteiger partial charge in [0.15, 0.2) is 0 Å². The molecule has 114 valence electrons. The van der Waals surface area contributed by atoms with Crippen molar-refractivity contribution in [1.29, 1.82) is 0 Å². The summed E-state index contributed by atoms with van der Waals surface area (Å²) >= 11 is 0. The fraction of sp³-hybridized carbons (Fsp3) is 0.857. The zero-order valence-corrected chi connectivity index (χ0v) is 12.8. The van der Waals surface area contributed by atoms with Crippen LogP contribution in [0, 0.1) is 0 Å². The minimum absolute atomic E-state index is 0.0981. The van der Waals surface area contributed by atoms with Gasteiger partial charge < -0.3 is 14.0 Å². The summed E-state index contributed by atoms with van der Waals surface area (Å²) in [5.41, 5.74) is 0. The van der Waals surface area contributed by atoms with Gasteiger partial charge in [-0.2, -0.15) is 4.98 Å². The van der Waals surface area contributed by atoms with Crippen molar-refractivity contribution in [3.05, 3.63) is 11.7 Å². The molecule has 1 atom stereocenters. The predicted octanol–water partition coefficient (Wildman–Crippen LogP) is 1.99. The van der Waals surface area contributed by atoms with Crippen LogP contribution in [0.3, 0.4) is 0 Å². The van der Waals surface area contributed by atoms with Gasteiger partial charge in [-0.25, -0.2) is 0 Å². The third-order valence-corrected chi connectivity index (χ3v) is 3.25. The van der Waals surface area contributed by atoms with Gasteiger partial charge in [-0.05, 0) is 13.8 Å². The van der Waals surface area contributed by atoms with Crippen molar-refractivity contribution < 1.29 is 14.0 Å². The van der Waals surface area contributed by atoms with E-state index in [4.69, 9.17) is 14.0 Å². The molecule has 0 unspecified atom stereocenters. The van der Waals surface area contributed by atoms with Crippen molar-refractivity contribution in [3.63, 3.8) is 0 Å². The van der Waals surface area contributed by atoms with Crippen LogP contribution >= 0.6 is 0 Å². The second-order valence-electron chi connectivity index (χ2n) is 5.73. The average molecular weight is 283 g/mol. The highest BCUT2D eigenvalue weighted by molar-refractivity contribution is 4.96. The Morgan fingerprint density at radius 1 is 1.35 bits per heavy atom. The number of rotatable bonds is 6. The highest BCUT2D eigenvalue weighted by Gasteiger charge is 2.26. The molecule has 0 aromatic carbocycles. The number of hydrogen-bond acceptors (Lipinski definition) is 6. The SMILES string of the molecule is CC(C)OCCN1CCO[C@@H](c2noc(C(C)C)n2)C1. The van der Waals surface area contributed by atoms with Gasteiger partial charge in [-0.3, -0.25) is 4.90 Å². The molecule has 6 heteroatoms. The van der Waals surface area contributed by atoms with Gasteiger partial charge >= 0.3 is 0 Å². The fourth-order valence-electron chi connectivity index (χ4n) is 2.09. The first-order valence-electron chi connectivity index (χ1n) is 7.35. The number of ether oxygens (including phenoxy) is 2. The average Bonchev–Trinajstić information content (AvgIpc) is 2.88. The Hall–Kier alpha value is -0.980. The van der Waals surface area contributed by atoms with E-state index in [1.807, 2.05) is 13.8 Å². The Labute approximate surface area is 120 Å². The lowest BCUT2D eigenvalue weighted by molar-refractivity contribution is -0.0456. The minimum Gasteiger partial charge on any atom is -0.377 e. The molecule has 0 aliphatic carbocycles. The van der Waals surface area contributed by atoms with Crippen LogP contribution in [0.4, 0.5) is 0 Å². The van der Waals surface area contributed by atoms with Crippen LogP contribution < -0.4 is 0 Å². The Morgan fingerprint density at radius 2 is 2.15 bits per heavy atom. The second kappa shape index (κ2) is 7.15. The van der Waals surface area contributed by atoms with E-state index < -0.39 is 0 Å². The zero-order chi connectivity index (χ0) is 14.5. The molecule has 0 N–H and O–H groups in total. The van der Waals surface area contributed by atoms with Gasteiger partial charge in [0.1, 0.15) is 6.10 Å². The summed E-state index contributed by atoms with van der Waals surface area (Å²) in [6.45, 7) is 12.2. The number of morpholine rings is 1. The summed E-state index contributed by atoms with van der Waals surface area (Å²) in [6, 6.07) is 0. The molecule has 1 aliphatic rings. The molecule has 1 aliphatic heterocycles. The first kappa shape index (κ1) is 15.4. The molecule has 1 fully saturated rings. The molecule has 0 radical (unpaired) electrons. The standard InChI is InChI=1S/C14H25N3O3/c1-10(2)14-15-13(16-20-14)12-9-17(6-8-19-12)5-7-18-11(3)4/h10-12H,5-9H2,1-4H3/t12-/m1/s1. The van der Waals surface area contributed by atoms with Gasteiger partial charge in [0.25, 0.3) is 0 Å². The van der Waals surface area contributed by atoms with Crippen molar-refractivity contribution in [2.75, 3.05) is 32.8 Å². The van der Waals surface area contributed by atoms with Crippen LogP contribution in [0.25, 0.3) is 0 Å². The normalized spacial score (nSPS) is 21.0. The van der Waals surface area contributed by atoms with E-state index in [2.05, 4.69) is 28.9 Å². The predicted molar refractivity (Wildman–Crippen MR) is 74.6 cm³/mol. The molecule has 6 nitrogen and oxygen atoms in total. The largest absolute Gasteiger partial charge is 0.377 e. The quantitative estimate of drug-likeness (QED) is 0.795. The van der Waals surface area contributed by atoms with E-state index in [1.165, 1.54) is 0 Å². The van der Waals surface area contributed by atoms with Crippen LogP contribution in [0.2, 0.25) is 0 Å². The van der Waals surface area contributed by atoms with Crippen molar-refractivity contribution >= 4 is 0 Å². The Kier molecular flexibility index (Phi) is 5.51. The van der Waals surface area contributed by atoms with Gasteiger partial charge in [0.2, 0.25) is 11.7 Å². The van der Waals surface area contributed by atoms with Gasteiger partial charge in [0, 0.05) is 25.6 Å². The summed E-state index contributed by atoms with van der Waals surface area (Å²) in [5, 5.41) is 4.04. The maximum atomic E-state index is 5.75. The lowest BCUT2D eigenvalue weighted by atomic mass is 10.2. The van der Waals surface area contributed by atoms with Crippen molar-refractivity contribution in [2.45, 2.75) is 45.8 Å². The maximum Gasteiger partial charge on any atom is 0.229 e. The Balaban J connectivity index is 1.86. The van der Waals surface area contributed by atoms with Gasteiger partial charge in [0.05, 0.1) is 19.3 Å². The van der Waals surface area contributed by atoms with Crippen LogP contribution in [0.15, 0.2) is 4.52 Å². The number of hydrogen-bond donors (Lipinski definition) is 0. The van der Waals surface area contributed by atoms with E-state index >= 15 is 0 Å². The molecule has 2 heterocycles. The van der Waals surface area contributed by atoms with E-state index in [-0.39, 0.29) is 18.1 Å². The summed E-state index contributed by atoms with van der Waals surface area (Å²) in [5.74, 6) is 1.57. The third-order valence-electron chi connectivity index (χ3n) is 3.25. The molecule has 20 heavy (non-hydrogen) atoms. The van der Waals surface area contributed by atoms with Crippen LogP contribution in [-0.2, 0) is 9.47 Å². The molecule has 0 saturated carbocycles. The van der Waals surface area contributed by atoms with Crippen molar-refractivity contribution in [2.24, 2.45) is 0 Å². The Morgan fingerprint density at radius 3 is 2.80 bits per heavy atom. The highest BCUT2D eigenvalue weighted by atomic mass is 16.5. The zero-order valence-electron chi connectivity index (χ0n) is 12.8. The topological polar surface area (TPSA) is 60.6 Å². The molecule has 0 amide bonds. The van der Waals surface area contributed by atoms with Crippen LogP contribution in [0.1, 0.15) is 51.4 Å². The monoisotopic (exact) mass is 283 g/mol. The highest BCUT2D eigenvalue weighted by Crippen LogP contribution is 2.21. The molecular formula is C14H25N3O3.